The molecule has 74 valence electrons. The Labute approximate surface area is 81.1 Å². The van der Waals surface area contributed by atoms with Gasteiger partial charge in [0.15, 0.2) is 11.5 Å². The standard InChI is InChI=1S/C8H12N6/c1-2-3-14-8-6(4-12-14)7(13-9)10-5-11-8/h4-5H,2-3,9H2,1H3,(H,10,11,13). The second kappa shape index (κ2) is 3.59. The van der Waals surface area contributed by atoms with E-state index in [0.717, 1.165) is 24.0 Å². The summed E-state index contributed by atoms with van der Waals surface area (Å²) in [5.41, 5.74) is 3.34. The number of hydrogen-bond acceptors (Lipinski definition) is 5. The molecular weight excluding hydrogens is 180 g/mol. The van der Waals surface area contributed by atoms with Gasteiger partial charge in [0.05, 0.1) is 11.6 Å². The van der Waals surface area contributed by atoms with Crippen molar-refractivity contribution in [1.29, 1.82) is 0 Å². The molecule has 0 aliphatic rings. The Bertz CT molecular complexity index is 434. The molecule has 2 aromatic rings. The summed E-state index contributed by atoms with van der Waals surface area (Å²) in [5, 5.41) is 5.06. The molecule has 0 spiro atoms. The van der Waals surface area contributed by atoms with Crippen molar-refractivity contribution in [2.45, 2.75) is 19.9 Å². The number of nitrogens with one attached hydrogen (secondary N) is 1. The molecule has 0 radical (unpaired) electrons. The molecule has 3 N–H and O–H groups in total. The number of aromatic nitrogens is 4. The van der Waals surface area contributed by atoms with Gasteiger partial charge in [-0.15, -0.1) is 0 Å². The van der Waals surface area contributed by atoms with Crippen LogP contribution in [-0.2, 0) is 6.54 Å². The normalized spacial score (nSPS) is 10.7. The van der Waals surface area contributed by atoms with Gasteiger partial charge in [0.25, 0.3) is 0 Å². The van der Waals surface area contributed by atoms with E-state index < -0.39 is 0 Å². The van der Waals surface area contributed by atoms with Gasteiger partial charge < -0.3 is 5.43 Å². The number of rotatable bonds is 3. The van der Waals surface area contributed by atoms with Gasteiger partial charge in [0.1, 0.15) is 6.33 Å². The van der Waals surface area contributed by atoms with Crippen molar-refractivity contribution in [3.8, 4) is 0 Å². The van der Waals surface area contributed by atoms with E-state index in [1.54, 1.807) is 6.20 Å². The maximum absolute atomic E-state index is 5.32. The summed E-state index contributed by atoms with van der Waals surface area (Å²) in [6.07, 6.45) is 4.22. The van der Waals surface area contributed by atoms with Crippen molar-refractivity contribution in [2.24, 2.45) is 5.84 Å². The van der Waals surface area contributed by atoms with Crippen LogP contribution in [0.5, 0.6) is 0 Å². The molecule has 0 aromatic carbocycles. The van der Waals surface area contributed by atoms with Crippen molar-refractivity contribution in [3.63, 3.8) is 0 Å². The minimum atomic E-state index is 0.609. The Kier molecular flexibility index (Phi) is 2.28. The topological polar surface area (TPSA) is 81.7 Å². The number of hydrazine groups is 1. The van der Waals surface area contributed by atoms with E-state index in [9.17, 15) is 0 Å². The molecule has 6 heteroatoms. The third-order valence-electron chi connectivity index (χ3n) is 2.01. The number of anilines is 1. The molecule has 0 fully saturated rings. The molecule has 2 rings (SSSR count). The van der Waals surface area contributed by atoms with Crippen LogP contribution >= 0.6 is 0 Å². The fourth-order valence-corrected chi connectivity index (χ4v) is 1.38. The SMILES string of the molecule is CCCn1ncc2c(NN)ncnc21. The van der Waals surface area contributed by atoms with Crippen LogP contribution in [0.25, 0.3) is 11.0 Å². The van der Waals surface area contributed by atoms with Crippen LogP contribution in [0.3, 0.4) is 0 Å². The van der Waals surface area contributed by atoms with Gasteiger partial charge in [-0.3, -0.25) is 0 Å². The van der Waals surface area contributed by atoms with Crippen molar-refractivity contribution >= 4 is 16.9 Å². The molecular formula is C8H12N6. The highest BCUT2D eigenvalue weighted by atomic mass is 15.3. The van der Waals surface area contributed by atoms with Crippen molar-refractivity contribution in [1.82, 2.24) is 19.7 Å². The summed E-state index contributed by atoms with van der Waals surface area (Å²) >= 11 is 0. The third-order valence-corrected chi connectivity index (χ3v) is 2.01. The van der Waals surface area contributed by atoms with Crippen LogP contribution in [0.2, 0.25) is 0 Å². The van der Waals surface area contributed by atoms with E-state index in [2.05, 4.69) is 27.4 Å². The fraction of sp³-hybridized carbons (Fsp3) is 0.375. The molecule has 0 amide bonds. The molecule has 0 atom stereocenters. The minimum Gasteiger partial charge on any atom is -0.308 e. The Balaban J connectivity index is 2.57. The third kappa shape index (κ3) is 1.29. The molecule has 6 nitrogen and oxygen atoms in total. The predicted molar refractivity (Wildman–Crippen MR) is 53.4 cm³/mol. The Morgan fingerprint density at radius 2 is 2.36 bits per heavy atom. The number of nitrogens with zero attached hydrogens (tertiary/aromatic N) is 4. The summed E-state index contributed by atoms with van der Waals surface area (Å²) < 4.78 is 1.85. The van der Waals surface area contributed by atoms with Gasteiger partial charge >= 0.3 is 0 Å². The average molecular weight is 192 g/mol. The second-order valence-electron chi connectivity index (χ2n) is 2.97. The lowest BCUT2D eigenvalue weighted by molar-refractivity contribution is 0.617. The van der Waals surface area contributed by atoms with E-state index in [-0.39, 0.29) is 0 Å². The van der Waals surface area contributed by atoms with E-state index >= 15 is 0 Å². The van der Waals surface area contributed by atoms with Gasteiger partial charge in [-0.05, 0) is 6.42 Å². The van der Waals surface area contributed by atoms with Crippen molar-refractivity contribution in [2.75, 3.05) is 5.43 Å². The molecule has 0 unspecified atom stereocenters. The summed E-state index contributed by atoms with van der Waals surface area (Å²) in [6.45, 7) is 2.95. The second-order valence-corrected chi connectivity index (χ2v) is 2.97. The van der Waals surface area contributed by atoms with E-state index in [1.807, 2.05) is 4.68 Å². The maximum Gasteiger partial charge on any atom is 0.163 e. The maximum atomic E-state index is 5.32. The number of fused-ring (bicyclic) bond motifs is 1. The van der Waals surface area contributed by atoms with Gasteiger partial charge in [-0.2, -0.15) is 5.10 Å². The first kappa shape index (κ1) is 8.89. The Morgan fingerprint density at radius 1 is 1.50 bits per heavy atom. The summed E-state index contributed by atoms with van der Waals surface area (Å²) in [6, 6.07) is 0. The molecule has 0 aliphatic heterocycles. The lowest BCUT2D eigenvalue weighted by Gasteiger charge is -2.01. The van der Waals surface area contributed by atoms with E-state index in [1.165, 1.54) is 6.33 Å². The van der Waals surface area contributed by atoms with E-state index in [4.69, 9.17) is 5.84 Å². The first-order valence-corrected chi connectivity index (χ1v) is 4.50. The fourth-order valence-electron chi connectivity index (χ4n) is 1.38. The number of hydrogen-bond donors (Lipinski definition) is 2. The lowest BCUT2D eigenvalue weighted by Crippen LogP contribution is -2.09. The quantitative estimate of drug-likeness (QED) is 0.547. The van der Waals surface area contributed by atoms with Crippen molar-refractivity contribution in [3.05, 3.63) is 12.5 Å². The molecule has 2 aromatic heterocycles. The molecule has 14 heavy (non-hydrogen) atoms. The summed E-state index contributed by atoms with van der Waals surface area (Å²) in [4.78, 5) is 8.16. The number of aryl methyl sites for hydroxylation is 1. The van der Waals surface area contributed by atoms with E-state index in [0.29, 0.717) is 5.82 Å². The van der Waals surface area contributed by atoms with Crippen LogP contribution in [0.1, 0.15) is 13.3 Å². The van der Waals surface area contributed by atoms with Gasteiger partial charge in [-0.25, -0.2) is 20.5 Å². The monoisotopic (exact) mass is 192 g/mol. The molecule has 0 saturated heterocycles. The zero-order valence-electron chi connectivity index (χ0n) is 7.94. The molecule has 0 bridgehead atoms. The zero-order valence-corrected chi connectivity index (χ0v) is 7.94. The Morgan fingerprint density at radius 3 is 3.07 bits per heavy atom. The first-order chi connectivity index (χ1) is 6.86. The predicted octanol–water partition coefficient (Wildman–Crippen LogP) is 0.522. The average Bonchev–Trinajstić information content (AvgIpc) is 2.62. The van der Waals surface area contributed by atoms with Gasteiger partial charge in [-0.1, -0.05) is 6.92 Å². The highest BCUT2D eigenvalue weighted by molar-refractivity contribution is 5.85. The smallest absolute Gasteiger partial charge is 0.163 e. The van der Waals surface area contributed by atoms with Crippen LogP contribution < -0.4 is 11.3 Å². The van der Waals surface area contributed by atoms with Gasteiger partial charge in [0, 0.05) is 6.54 Å². The van der Waals surface area contributed by atoms with Crippen LogP contribution in [0.4, 0.5) is 5.82 Å². The lowest BCUT2D eigenvalue weighted by atomic mass is 10.4. The van der Waals surface area contributed by atoms with Crippen LogP contribution in [0.15, 0.2) is 12.5 Å². The Hall–Kier alpha value is -1.69. The zero-order chi connectivity index (χ0) is 9.97. The van der Waals surface area contributed by atoms with Crippen LogP contribution in [-0.4, -0.2) is 19.7 Å². The highest BCUT2D eigenvalue weighted by Crippen LogP contribution is 2.17. The van der Waals surface area contributed by atoms with Gasteiger partial charge in [0.2, 0.25) is 0 Å². The largest absolute Gasteiger partial charge is 0.308 e. The van der Waals surface area contributed by atoms with Crippen LogP contribution in [0, 0.1) is 0 Å². The highest BCUT2D eigenvalue weighted by Gasteiger charge is 2.07. The minimum absolute atomic E-state index is 0.609. The first-order valence-electron chi connectivity index (χ1n) is 4.50. The molecule has 0 saturated carbocycles. The molecule has 0 aliphatic carbocycles. The summed E-state index contributed by atoms with van der Waals surface area (Å²) in [7, 11) is 0. The van der Waals surface area contributed by atoms with Crippen molar-refractivity contribution < 1.29 is 0 Å². The number of nitrogens with two attached hydrogens (primary N) is 1. The molecule has 2 heterocycles. The summed E-state index contributed by atoms with van der Waals surface area (Å²) in [5.74, 6) is 5.93. The number of nitrogen functional groups attached to an aromatic ring is 1.